The molecule has 0 aliphatic heterocycles. The highest BCUT2D eigenvalue weighted by molar-refractivity contribution is 6.42. The highest BCUT2D eigenvalue weighted by Crippen LogP contribution is 2.27. The molecule has 2 aromatic rings. The van der Waals surface area contributed by atoms with E-state index < -0.39 is 0 Å². The van der Waals surface area contributed by atoms with E-state index in [0.29, 0.717) is 22.4 Å². The molecule has 0 spiro atoms. The van der Waals surface area contributed by atoms with E-state index in [4.69, 9.17) is 32.4 Å². The predicted octanol–water partition coefficient (Wildman–Crippen LogP) is 4.97. The van der Waals surface area contributed by atoms with Crippen LogP contribution in [0.4, 0.5) is 0 Å². The van der Waals surface area contributed by atoms with Gasteiger partial charge in [-0.1, -0.05) is 30.1 Å². The van der Waals surface area contributed by atoms with Crippen LogP contribution in [0.3, 0.4) is 0 Å². The standard InChI is InChI=1S/C16H19Cl2NO2/c1-3-6-19-9-14-7-12(11(2)21-14)10-20-13-4-5-15(17)16(18)8-13/h4-5,7-8,19H,3,6,9-10H2,1-2H3. The van der Waals surface area contributed by atoms with Crippen LogP contribution in [0, 0.1) is 6.92 Å². The molecule has 0 fully saturated rings. The summed E-state index contributed by atoms with van der Waals surface area (Å²) in [6, 6.07) is 7.26. The smallest absolute Gasteiger partial charge is 0.121 e. The van der Waals surface area contributed by atoms with Crippen LogP contribution in [-0.4, -0.2) is 6.54 Å². The Hall–Kier alpha value is -1.16. The van der Waals surface area contributed by atoms with Crippen molar-refractivity contribution in [1.29, 1.82) is 0 Å². The molecule has 1 N–H and O–H groups in total. The summed E-state index contributed by atoms with van der Waals surface area (Å²) in [5.74, 6) is 2.49. The van der Waals surface area contributed by atoms with Gasteiger partial charge in [0.15, 0.2) is 0 Å². The molecule has 2 rings (SSSR count). The molecule has 0 aliphatic carbocycles. The highest BCUT2D eigenvalue weighted by Gasteiger charge is 2.08. The van der Waals surface area contributed by atoms with Gasteiger partial charge in [0.1, 0.15) is 23.9 Å². The molecule has 0 saturated carbocycles. The van der Waals surface area contributed by atoms with Crippen molar-refractivity contribution in [1.82, 2.24) is 5.32 Å². The molecule has 5 heteroatoms. The Bertz CT molecular complexity index is 596. The van der Waals surface area contributed by atoms with Gasteiger partial charge in [-0.25, -0.2) is 0 Å². The SMILES string of the molecule is CCCNCc1cc(COc2ccc(Cl)c(Cl)c2)c(C)o1. The topological polar surface area (TPSA) is 34.4 Å². The molecule has 0 unspecified atom stereocenters. The van der Waals surface area contributed by atoms with Crippen molar-refractivity contribution in [2.45, 2.75) is 33.4 Å². The normalized spacial score (nSPS) is 10.9. The fourth-order valence-corrected chi connectivity index (χ4v) is 2.22. The van der Waals surface area contributed by atoms with Crippen molar-refractivity contribution in [2.75, 3.05) is 6.54 Å². The average molecular weight is 328 g/mol. The van der Waals surface area contributed by atoms with Gasteiger partial charge in [0.05, 0.1) is 16.6 Å². The molecule has 1 aromatic carbocycles. The summed E-state index contributed by atoms with van der Waals surface area (Å²) in [4.78, 5) is 0. The van der Waals surface area contributed by atoms with Gasteiger partial charge < -0.3 is 14.5 Å². The summed E-state index contributed by atoms with van der Waals surface area (Å²) >= 11 is 11.8. The third kappa shape index (κ3) is 4.67. The van der Waals surface area contributed by atoms with E-state index in [0.717, 1.165) is 36.6 Å². The van der Waals surface area contributed by atoms with Crippen LogP contribution < -0.4 is 10.1 Å². The van der Waals surface area contributed by atoms with Gasteiger partial charge in [-0.3, -0.25) is 0 Å². The van der Waals surface area contributed by atoms with Gasteiger partial charge in [0.25, 0.3) is 0 Å². The van der Waals surface area contributed by atoms with E-state index in [2.05, 4.69) is 12.2 Å². The Labute approximate surface area is 135 Å². The number of nitrogens with one attached hydrogen (secondary N) is 1. The number of rotatable bonds is 7. The van der Waals surface area contributed by atoms with Crippen molar-refractivity contribution < 1.29 is 9.15 Å². The number of furan rings is 1. The number of hydrogen-bond acceptors (Lipinski definition) is 3. The fraction of sp³-hybridized carbons (Fsp3) is 0.375. The molecule has 0 atom stereocenters. The minimum absolute atomic E-state index is 0.446. The summed E-state index contributed by atoms with van der Waals surface area (Å²) in [7, 11) is 0. The Kier molecular flexibility index (Phi) is 5.97. The molecule has 0 bridgehead atoms. The molecule has 3 nitrogen and oxygen atoms in total. The lowest BCUT2D eigenvalue weighted by atomic mass is 10.2. The summed E-state index contributed by atoms with van der Waals surface area (Å²) in [5.41, 5.74) is 1.04. The third-order valence-corrected chi connectivity index (χ3v) is 3.82. The zero-order chi connectivity index (χ0) is 15.2. The van der Waals surface area contributed by atoms with Crippen LogP contribution in [0.1, 0.15) is 30.4 Å². The first-order valence-corrected chi connectivity index (χ1v) is 7.72. The van der Waals surface area contributed by atoms with E-state index in [1.54, 1.807) is 18.2 Å². The molecule has 0 saturated heterocycles. The average Bonchev–Trinajstić information content (AvgIpc) is 2.81. The molecular weight excluding hydrogens is 309 g/mol. The molecule has 1 heterocycles. The van der Waals surface area contributed by atoms with Crippen LogP contribution in [0.25, 0.3) is 0 Å². The number of aryl methyl sites for hydroxylation is 1. The van der Waals surface area contributed by atoms with E-state index >= 15 is 0 Å². The number of hydrogen-bond donors (Lipinski definition) is 1. The molecule has 0 radical (unpaired) electrons. The second kappa shape index (κ2) is 7.74. The Balaban J connectivity index is 1.94. The van der Waals surface area contributed by atoms with Gasteiger partial charge in [-0.05, 0) is 38.1 Å². The lowest BCUT2D eigenvalue weighted by molar-refractivity contribution is 0.303. The van der Waals surface area contributed by atoms with Crippen LogP contribution in [0.2, 0.25) is 10.0 Å². The quantitative estimate of drug-likeness (QED) is 0.729. The van der Waals surface area contributed by atoms with E-state index in [1.807, 2.05) is 13.0 Å². The molecule has 114 valence electrons. The monoisotopic (exact) mass is 327 g/mol. The summed E-state index contributed by atoms with van der Waals surface area (Å²) in [6.07, 6.45) is 1.10. The van der Waals surface area contributed by atoms with Crippen molar-refractivity contribution in [3.05, 3.63) is 51.4 Å². The van der Waals surface area contributed by atoms with Crippen molar-refractivity contribution in [3.63, 3.8) is 0 Å². The van der Waals surface area contributed by atoms with Crippen LogP contribution >= 0.6 is 23.2 Å². The summed E-state index contributed by atoms with van der Waals surface area (Å²) in [6.45, 7) is 6.24. The first-order valence-electron chi connectivity index (χ1n) is 6.97. The lowest BCUT2D eigenvalue weighted by Gasteiger charge is -2.06. The minimum Gasteiger partial charge on any atom is -0.489 e. The van der Waals surface area contributed by atoms with E-state index in [9.17, 15) is 0 Å². The predicted molar refractivity (Wildman–Crippen MR) is 86.2 cm³/mol. The van der Waals surface area contributed by atoms with Gasteiger partial charge in [-0.2, -0.15) is 0 Å². The maximum Gasteiger partial charge on any atom is 0.121 e. The molecule has 1 aromatic heterocycles. The van der Waals surface area contributed by atoms with Crippen LogP contribution in [0.15, 0.2) is 28.7 Å². The van der Waals surface area contributed by atoms with E-state index in [-0.39, 0.29) is 0 Å². The van der Waals surface area contributed by atoms with Gasteiger partial charge in [0, 0.05) is 11.6 Å². The van der Waals surface area contributed by atoms with Crippen LogP contribution in [0.5, 0.6) is 5.75 Å². The van der Waals surface area contributed by atoms with Gasteiger partial charge >= 0.3 is 0 Å². The Morgan fingerprint density at radius 3 is 2.71 bits per heavy atom. The maximum atomic E-state index is 5.96. The molecule has 0 amide bonds. The fourth-order valence-electron chi connectivity index (χ4n) is 1.93. The Morgan fingerprint density at radius 2 is 2.00 bits per heavy atom. The van der Waals surface area contributed by atoms with E-state index in [1.165, 1.54) is 0 Å². The largest absolute Gasteiger partial charge is 0.489 e. The van der Waals surface area contributed by atoms with Crippen molar-refractivity contribution in [2.24, 2.45) is 0 Å². The van der Waals surface area contributed by atoms with Crippen LogP contribution in [-0.2, 0) is 13.2 Å². The third-order valence-electron chi connectivity index (χ3n) is 3.08. The number of ether oxygens (including phenoxy) is 1. The first kappa shape index (κ1) is 16.2. The molecule has 0 aliphatic rings. The first-order chi connectivity index (χ1) is 10.1. The maximum absolute atomic E-state index is 5.96. The molecule has 21 heavy (non-hydrogen) atoms. The minimum atomic E-state index is 0.446. The summed E-state index contributed by atoms with van der Waals surface area (Å²) < 4.78 is 11.4. The molecular formula is C16H19Cl2NO2. The second-order valence-corrected chi connectivity index (χ2v) is 5.65. The lowest BCUT2D eigenvalue weighted by Crippen LogP contribution is -2.13. The zero-order valence-corrected chi connectivity index (χ0v) is 13.7. The number of benzene rings is 1. The van der Waals surface area contributed by atoms with Gasteiger partial charge in [-0.15, -0.1) is 0 Å². The summed E-state index contributed by atoms with van der Waals surface area (Å²) in [5, 5.41) is 4.32. The van der Waals surface area contributed by atoms with Crippen molar-refractivity contribution in [3.8, 4) is 5.75 Å². The highest BCUT2D eigenvalue weighted by atomic mass is 35.5. The second-order valence-electron chi connectivity index (χ2n) is 4.84. The van der Waals surface area contributed by atoms with Crippen molar-refractivity contribution >= 4 is 23.2 Å². The number of halogens is 2. The Morgan fingerprint density at radius 1 is 1.19 bits per heavy atom. The van der Waals surface area contributed by atoms with Gasteiger partial charge in [0.2, 0.25) is 0 Å². The zero-order valence-electron chi connectivity index (χ0n) is 12.2.